The van der Waals surface area contributed by atoms with Gasteiger partial charge in [-0.3, -0.25) is 14.4 Å². The van der Waals surface area contributed by atoms with Gasteiger partial charge in [-0.1, -0.05) is 67.1 Å². The van der Waals surface area contributed by atoms with Crippen LogP contribution in [0.1, 0.15) is 40.7 Å². The van der Waals surface area contributed by atoms with Crippen molar-refractivity contribution in [1.82, 2.24) is 0 Å². The summed E-state index contributed by atoms with van der Waals surface area (Å²) in [4.78, 5) is 39.6. The van der Waals surface area contributed by atoms with E-state index >= 15 is 0 Å². The zero-order valence-corrected chi connectivity index (χ0v) is 16.5. The molecule has 0 bridgehead atoms. The van der Waals surface area contributed by atoms with Crippen molar-refractivity contribution < 1.29 is 23.9 Å². The Morgan fingerprint density at radius 2 is 1.43 bits per heavy atom. The Morgan fingerprint density at radius 3 is 1.89 bits per heavy atom. The molecule has 0 heterocycles. The maximum absolute atomic E-state index is 13.7. The number of hydrogen-bond donors (Lipinski definition) is 0. The Balaban J connectivity index is 2.25. The van der Waals surface area contributed by atoms with E-state index in [0.29, 0.717) is 12.0 Å². The number of hydrogen-bond acceptors (Lipinski definition) is 5. The summed E-state index contributed by atoms with van der Waals surface area (Å²) in [7, 11) is 2.45. The molecule has 2 atom stereocenters. The normalized spacial score (nSPS) is 22.2. The fourth-order valence-electron chi connectivity index (χ4n) is 4.64. The monoisotopic (exact) mass is 380 g/mol. The number of carbonyl (C=O) groups excluding carboxylic acids is 3. The van der Waals surface area contributed by atoms with Crippen molar-refractivity contribution in [2.24, 2.45) is 10.8 Å². The predicted octanol–water partition coefficient (Wildman–Crippen LogP) is 3.70. The first-order chi connectivity index (χ1) is 13.4. The first-order valence-electron chi connectivity index (χ1n) is 9.25. The van der Waals surface area contributed by atoms with Gasteiger partial charge in [-0.2, -0.15) is 0 Å². The minimum Gasteiger partial charge on any atom is -0.468 e. The van der Waals surface area contributed by atoms with Crippen LogP contribution in [-0.4, -0.2) is 31.9 Å². The van der Waals surface area contributed by atoms with Crippen LogP contribution in [0.5, 0.6) is 0 Å². The molecular formula is C23H24O5. The second kappa shape index (κ2) is 7.23. The molecule has 3 rings (SSSR count). The first-order valence-corrected chi connectivity index (χ1v) is 9.25. The maximum atomic E-state index is 13.7. The third-order valence-electron chi connectivity index (χ3n) is 5.97. The minimum atomic E-state index is -1.70. The number of aryl methyl sites for hydroxylation is 1. The van der Waals surface area contributed by atoms with Crippen molar-refractivity contribution in [1.29, 1.82) is 0 Å². The second-order valence-electron chi connectivity index (χ2n) is 7.15. The fraction of sp³-hybridized carbons (Fsp3) is 0.348. The molecule has 0 unspecified atom stereocenters. The summed E-state index contributed by atoms with van der Waals surface area (Å²) in [6.45, 7) is 3.75. The van der Waals surface area contributed by atoms with E-state index in [2.05, 4.69) is 0 Å². The molecule has 0 amide bonds. The standard InChI is InChI=1S/C23H24O5/c1-5-22(19(24)17-13-11-15(2)12-14-17)18(16-9-7-6-8-10-16)23(22,20(25)27-3)21(26)28-4/h6-14,18H,5H2,1-4H3/t18-,22-/m0/s1. The van der Waals surface area contributed by atoms with Gasteiger partial charge in [-0.15, -0.1) is 0 Å². The smallest absolute Gasteiger partial charge is 0.324 e. The largest absolute Gasteiger partial charge is 0.468 e. The summed E-state index contributed by atoms with van der Waals surface area (Å²) < 4.78 is 10.0. The third-order valence-corrected chi connectivity index (χ3v) is 5.97. The van der Waals surface area contributed by atoms with Crippen molar-refractivity contribution >= 4 is 17.7 Å². The van der Waals surface area contributed by atoms with Gasteiger partial charge >= 0.3 is 11.9 Å². The highest BCUT2D eigenvalue weighted by molar-refractivity contribution is 6.18. The molecule has 28 heavy (non-hydrogen) atoms. The number of methoxy groups -OCH3 is 2. The van der Waals surface area contributed by atoms with E-state index < -0.39 is 28.7 Å². The summed E-state index contributed by atoms with van der Waals surface area (Å²) >= 11 is 0. The van der Waals surface area contributed by atoms with Crippen molar-refractivity contribution in [3.8, 4) is 0 Å². The third kappa shape index (κ3) is 2.49. The minimum absolute atomic E-state index is 0.250. The topological polar surface area (TPSA) is 69.7 Å². The Kier molecular flexibility index (Phi) is 5.11. The molecule has 1 saturated carbocycles. The van der Waals surface area contributed by atoms with Crippen molar-refractivity contribution in [2.75, 3.05) is 14.2 Å². The van der Waals surface area contributed by atoms with Crippen LogP contribution in [0.3, 0.4) is 0 Å². The molecule has 2 aromatic rings. The van der Waals surface area contributed by atoms with E-state index in [-0.39, 0.29) is 5.78 Å². The van der Waals surface area contributed by atoms with E-state index in [4.69, 9.17) is 9.47 Å². The van der Waals surface area contributed by atoms with E-state index in [1.165, 1.54) is 14.2 Å². The first kappa shape index (κ1) is 19.8. The van der Waals surface area contributed by atoms with Gasteiger partial charge in [0.2, 0.25) is 0 Å². The van der Waals surface area contributed by atoms with Gasteiger partial charge in [0.25, 0.3) is 0 Å². The molecule has 146 valence electrons. The van der Waals surface area contributed by atoms with Gasteiger partial charge in [-0.25, -0.2) is 0 Å². The van der Waals surface area contributed by atoms with E-state index in [0.717, 1.165) is 11.1 Å². The molecule has 0 aliphatic heterocycles. The van der Waals surface area contributed by atoms with Crippen molar-refractivity contribution in [3.05, 3.63) is 71.3 Å². The van der Waals surface area contributed by atoms with E-state index in [1.807, 2.05) is 56.3 Å². The van der Waals surface area contributed by atoms with Crippen LogP contribution in [0.25, 0.3) is 0 Å². The van der Waals surface area contributed by atoms with E-state index in [1.54, 1.807) is 12.1 Å². The zero-order chi connectivity index (χ0) is 20.5. The Labute approximate surface area is 164 Å². The lowest BCUT2D eigenvalue weighted by Crippen LogP contribution is -2.37. The van der Waals surface area contributed by atoms with Crippen LogP contribution in [0.2, 0.25) is 0 Å². The summed E-state index contributed by atoms with van der Waals surface area (Å²) in [6.07, 6.45) is 0.295. The molecule has 5 nitrogen and oxygen atoms in total. The SMILES string of the molecule is CC[C@@]1(C(=O)c2ccc(C)cc2)[C@H](c2ccccc2)C1(C(=O)OC)C(=O)OC. The molecule has 0 saturated heterocycles. The number of ether oxygens (including phenoxy) is 2. The van der Waals surface area contributed by atoms with Gasteiger partial charge < -0.3 is 9.47 Å². The highest BCUT2D eigenvalue weighted by Gasteiger charge is 2.88. The average Bonchev–Trinajstić information content (AvgIpc) is 3.38. The molecule has 1 fully saturated rings. The van der Waals surface area contributed by atoms with Crippen LogP contribution >= 0.6 is 0 Å². The molecule has 0 aromatic heterocycles. The summed E-state index contributed by atoms with van der Waals surface area (Å²) in [5, 5.41) is 0. The van der Waals surface area contributed by atoms with E-state index in [9.17, 15) is 14.4 Å². The number of esters is 2. The summed E-state index contributed by atoms with van der Waals surface area (Å²) in [5.74, 6) is -2.38. The zero-order valence-electron chi connectivity index (χ0n) is 16.5. The van der Waals surface area contributed by atoms with Crippen LogP contribution < -0.4 is 0 Å². The highest BCUT2D eigenvalue weighted by atomic mass is 16.5. The van der Waals surface area contributed by atoms with Gasteiger partial charge in [0.05, 0.1) is 19.6 Å². The van der Waals surface area contributed by atoms with Crippen LogP contribution in [-0.2, 0) is 19.1 Å². The van der Waals surface area contributed by atoms with Crippen LogP contribution in [0, 0.1) is 17.8 Å². The predicted molar refractivity (Wildman–Crippen MR) is 104 cm³/mol. The van der Waals surface area contributed by atoms with Gasteiger partial charge in [0.1, 0.15) is 0 Å². The lowest BCUT2D eigenvalue weighted by atomic mass is 9.82. The van der Waals surface area contributed by atoms with Crippen LogP contribution in [0.4, 0.5) is 0 Å². The number of ketones is 1. The molecule has 5 heteroatoms. The second-order valence-corrected chi connectivity index (χ2v) is 7.15. The maximum Gasteiger partial charge on any atom is 0.324 e. The van der Waals surface area contributed by atoms with Crippen LogP contribution in [0.15, 0.2) is 54.6 Å². The Bertz CT molecular complexity index is 884. The molecular weight excluding hydrogens is 356 g/mol. The molecule has 0 spiro atoms. The molecule has 0 N–H and O–H groups in total. The average molecular weight is 380 g/mol. The molecule has 1 aliphatic carbocycles. The molecule has 1 aliphatic rings. The Morgan fingerprint density at radius 1 is 0.893 bits per heavy atom. The van der Waals surface area contributed by atoms with Gasteiger partial charge in [0, 0.05) is 11.5 Å². The summed E-state index contributed by atoms with van der Waals surface area (Å²) in [5.41, 5.74) is -0.744. The lowest BCUT2D eigenvalue weighted by molar-refractivity contribution is -0.163. The van der Waals surface area contributed by atoms with Crippen molar-refractivity contribution in [3.63, 3.8) is 0 Å². The number of Topliss-reactive ketones (excluding diaryl/α,β-unsaturated/α-hetero) is 1. The fourth-order valence-corrected chi connectivity index (χ4v) is 4.64. The molecule has 0 radical (unpaired) electrons. The van der Waals surface area contributed by atoms with Gasteiger partial charge in [-0.05, 0) is 18.9 Å². The Hall–Kier alpha value is -2.95. The number of benzene rings is 2. The quantitative estimate of drug-likeness (QED) is 0.434. The highest BCUT2D eigenvalue weighted by Crippen LogP contribution is 2.77. The number of carbonyl (C=O) groups is 3. The molecule has 2 aromatic carbocycles. The van der Waals surface area contributed by atoms with Gasteiger partial charge in [0.15, 0.2) is 11.2 Å². The lowest BCUT2D eigenvalue weighted by Gasteiger charge is -2.20. The summed E-state index contributed by atoms with van der Waals surface area (Å²) in [6, 6.07) is 16.3. The number of rotatable bonds is 6. The van der Waals surface area contributed by atoms with Crippen molar-refractivity contribution in [2.45, 2.75) is 26.2 Å².